The molecule has 0 aliphatic carbocycles. The van der Waals surface area contributed by atoms with Crippen LogP contribution in [-0.4, -0.2) is 83.6 Å². The molecule has 0 atom stereocenters. The Balaban J connectivity index is 0.000000493. The minimum Gasteiger partial charge on any atom is -0.491 e. The highest BCUT2D eigenvalue weighted by atomic mass is 35.5. The SMILES string of the molecule is C.CC(C)COC(=O)Cl.CC(C)COC(=O)OC(=O)/C=C\n1cnc(-c2cc(Cl)cc(OC(C)C)c2)n1.CC(C)Oc1cc(Cl)cc(-c2ncn(/C=C\C(=O)O)n2)c1. The Bertz CT molecular complexity index is 1990. The second kappa shape index (κ2) is 25.7. The van der Waals surface area contributed by atoms with Gasteiger partial charge in [-0.2, -0.15) is 0 Å². The van der Waals surface area contributed by atoms with E-state index in [1.54, 1.807) is 36.4 Å². The molecule has 0 aliphatic rings. The number of carboxylic acids is 1. The van der Waals surface area contributed by atoms with Crippen molar-refractivity contribution in [2.45, 2.75) is 75.0 Å². The van der Waals surface area contributed by atoms with Gasteiger partial charge in [-0.15, -0.1) is 10.2 Å². The van der Waals surface area contributed by atoms with E-state index in [9.17, 15) is 19.2 Å². The van der Waals surface area contributed by atoms with Crippen molar-refractivity contribution < 1.29 is 48.0 Å². The molecule has 2 aromatic carbocycles. The maximum Gasteiger partial charge on any atom is 0.516 e. The number of benzene rings is 2. The number of hydrogen-bond acceptors (Lipinski definition) is 13. The van der Waals surface area contributed by atoms with E-state index in [2.05, 4.69) is 29.6 Å². The number of carbonyl (C=O) groups is 4. The van der Waals surface area contributed by atoms with Crippen molar-refractivity contribution in [3.05, 3.63) is 71.3 Å². The molecule has 0 bridgehead atoms. The fraction of sp³-hybridized carbons (Fsp3) is 0.385. The van der Waals surface area contributed by atoms with Crippen LogP contribution in [0, 0.1) is 11.8 Å². The molecule has 2 aromatic heterocycles. The summed E-state index contributed by atoms with van der Waals surface area (Å²) in [7, 11) is 0. The Morgan fingerprint density at radius 3 is 1.50 bits per heavy atom. The summed E-state index contributed by atoms with van der Waals surface area (Å²) in [5.74, 6) is 0.635. The topological polar surface area (TPSA) is 196 Å². The normalized spacial score (nSPS) is 10.8. The van der Waals surface area contributed by atoms with E-state index in [4.69, 9.17) is 54.1 Å². The molecule has 58 heavy (non-hydrogen) atoms. The monoisotopic (exact) mass is 866 g/mol. The number of halogens is 3. The zero-order valence-electron chi connectivity index (χ0n) is 32.6. The van der Waals surface area contributed by atoms with E-state index in [-0.39, 0.29) is 32.2 Å². The van der Waals surface area contributed by atoms with Crippen LogP contribution in [0.15, 0.2) is 61.2 Å². The summed E-state index contributed by atoms with van der Waals surface area (Å²) in [6.45, 7) is 15.9. The molecule has 16 nitrogen and oxygen atoms in total. The summed E-state index contributed by atoms with van der Waals surface area (Å²) in [6.07, 6.45) is 6.43. The Kier molecular flexibility index (Phi) is 22.4. The molecular formula is C39H49Cl3N6O10. The molecule has 4 rings (SSSR count). The third-order valence-electron chi connectivity index (χ3n) is 6.00. The Morgan fingerprint density at radius 2 is 1.12 bits per heavy atom. The van der Waals surface area contributed by atoms with Crippen LogP contribution >= 0.6 is 34.8 Å². The van der Waals surface area contributed by atoms with Gasteiger partial charge in [0.25, 0.3) is 0 Å². The van der Waals surface area contributed by atoms with Gasteiger partial charge in [0.05, 0.1) is 25.4 Å². The lowest BCUT2D eigenvalue weighted by molar-refractivity contribution is -0.134. The van der Waals surface area contributed by atoms with Crippen molar-refractivity contribution in [3.8, 4) is 34.3 Å². The number of carbonyl (C=O) groups excluding carboxylic acids is 3. The van der Waals surface area contributed by atoms with Gasteiger partial charge in [0, 0.05) is 57.3 Å². The number of aliphatic carboxylic acids is 1. The Labute approximate surface area is 352 Å². The lowest BCUT2D eigenvalue weighted by Gasteiger charge is -2.10. The van der Waals surface area contributed by atoms with Gasteiger partial charge in [-0.05, 0) is 75.9 Å². The first kappa shape index (κ1) is 50.6. The highest BCUT2D eigenvalue weighted by molar-refractivity contribution is 6.61. The second-order valence-electron chi connectivity index (χ2n) is 13.1. The van der Waals surface area contributed by atoms with E-state index in [0.717, 1.165) is 12.2 Å². The van der Waals surface area contributed by atoms with Gasteiger partial charge in [-0.3, -0.25) is 0 Å². The summed E-state index contributed by atoms with van der Waals surface area (Å²) in [4.78, 5) is 51.6. The number of rotatable bonds is 14. The van der Waals surface area contributed by atoms with Gasteiger partial charge in [0.15, 0.2) is 11.6 Å². The average molecular weight is 868 g/mol. The Morgan fingerprint density at radius 1 is 0.690 bits per heavy atom. The van der Waals surface area contributed by atoms with Crippen LogP contribution in [0.5, 0.6) is 11.5 Å². The van der Waals surface area contributed by atoms with E-state index < -0.39 is 23.5 Å². The van der Waals surface area contributed by atoms with Crippen molar-refractivity contribution in [2.75, 3.05) is 13.2 Å². The van der Waals surface area contributed by atoms with Gasteiger partial charge in [0.2, 0.25) is 0 Å². The number of esters is 1. The largest absolute Gasteiger partial charge is 0.516 e. The summed E-state index contributed by atoms with van der Waals surface area (Å²) in [5, 5.41) is 18.0. The molecule has 0 aliphatic heterocycles. The molecule has 4 aromatic rings. The maximum atomic E-state index is 11.6. The fourth-order valence-corrected chi connectivity index (χ4v) is 4.42. The van der Waals surface area contributed by atoms with Crippen LogP contribution < -0.4 is 9.47 Å². The summed E-state index contributed by atoms with van der Waals surface area (Å²) < 4.78 is 27.6. The molecule has 0 saturated carbocycles. The number of aromatic nitrogens is 6. The zero-order valence-corrected chi connectivity index (χ0v) is 34.9. The predicted octanol–water partition coefficient (Wildman–Crippen LogP) is 9.79. The van der Waals surface area contributed by atoms with E-state index in [1.165, 1.54) is 34.4 Å². The quantitative estimate of drug-likeness (QED) is 0.0544. The van der Waals surface area contributed by atoms with Crippen LogP contribution in [0.25, 0.3) is 35.2 Å². The standard InChI is InChI=1S/C19H22ClN3O5.C14H14ClN3O3.C5H9ClO2.CH4/c1-12(2)10-26-19(25)28-17(24)5-6-23-11-21-18(22-23)14-7-15(20)9-16(8-14)27-13(3)4;1-9(2)21-12-6-10(5-11(15)7-12)14-16-8-18(17-14)4-3-13(19)20;1-4(2)3-8-5(6)7;/h5-9,11-13H,10H2,1-4H3;3-9H,1-2H3,(H,19,20);4H,3H2,1-2H3;1H4/b6-5-;4-3-;;. The fourth-order valence-electron chi connectivity index (χ4n) is 3.91. The van der Waals surface area contributed by atoms with Crippen molar-refractivity contribution in [1.82, 2.24) is 29.5 Å². The molecule has 0 saturated heterocycles. The van der Waals surface area contributed by atoms with E-state index >= 15 is 0 Å². The smallest absolute Gasteiger partial charge is 0.491 e. The molecule has 0 radical (unpaired) electrons. The molecular weight excluding hydrogens is 819 g/mol. The van der Waals surface area contributed by atoms with Crippen molar-refractivity contribution >= 4 is 70.7 Å². The van der Waals surface area contributed by atoms with Crippen LogP contribution in [-0.2, 0) is 23.8 Å². The van der Waals surface area contributed by atoms with Gasteiger partial charge >= 0.3 is 23.5 Å². The molecule has 0 spiro atoms. The van der Waals surface area contributed by atoms with Crippen molar-refractivity contribution in [2.24, 2.45) is 11.8 Å². The summed E-state index contributed by atoms with van der Waals surface area (Å²) in [5.41, 5.74) is 0.634. The second-order valence-corrected chi connectivity index (χ2v) is 14.3. The minimum atomic E-state index is -1.05. The molecule has 0 amide bonds. The number of hydrogen-bond donors (Lipinski definition) is 1. The number of ether oxygens (including phenoxy) is 5. The highest BCUT2D eigenvalue weighted by Crippen LogP contribution is 2.28. The van der Waals surface area contributed by atoms with Crippen LogP contribution in [0.1, 0.15) is 62.8 Å². The first-order chi connectivity index (χ1) is 26.8. The third kappa shape index (κ3) is 21.2. The van der Waals surface area contributed by atoms with Crippen LogP contribution in [0.4, 0.5) is 9.59 Å². The predicted molar refractivity (Wildman–Crippen MR) is 222 cm³/mol. The molecule has 2 heterocycles. The maximum absolute atomic E-state index is 11.6. The summed E-state index contributed by atoms with van der Waals surface area (Å²) >= 11 is 17.0. The first-order valence-electron chi connectivity index (χ1n) is 17.4. The van der Waals surface area contributed by atoms with Crippen LogP contribution in [0.2, 0.25) is 10.0 Å². The lowest BCUT2D eigenvalue weighted by atomic mass is 10.2. The van der Waals surface area contributed by atoms with Gasteiger partial charge < -0.3 is 28.8 Å². The van der Waals surface area contributed by atoms with Gasteiger partial charge in [-0.1, -0.05) is 58.3 Å². The molecule has 1 N–H and O–H groups in total. The highest BCUT2D eigenvalue weighted by Gasteiger charge is 2.12. The average Bonchev–Trinajstić information content (AvgIpc) is 3.78. The van der Waals surface area contributed by atoms with Gasteiger partial charge in [-0.25, -0.2) is 38.5 Å². The van der Waals surface area contributed by atoms with Crippen molar-refractivity contribution in [1.29, 1.82) is 0 Å². The lowest BCUT2D eigenvalue weighted by Crippen LogP contribution is -2.14. The summed E-state index contributed by atoms with van der Waals surface area (Å²) in [6, 6.07) is 10.4. The van der Waals surface area contributed by atoms with Crippen LogP contribution in [0.3, 0.4) is 0 Å². The number of carboxylic acid groups (broad SMARTS) is 1. The minimum absolute atomic E-state index is 0. The molecule has 0 fully saturated rings. The van der Waals surface area contributed by atoms with Crippen molar-refractivity contribution in [3.63, 3.8) is 0 Å². The number of nitrogens with zero attached hydrogens (tertiary/aromatic N) is 6. The first-order valence-corrected chi connectivity index (χ1v) is 18.5. The Hall–Kier alpha value is -5.45. The third-order valence-corrected chi connectivity index (χ3v) is 6.55. The molecule has 0 unspecified atom stereocenters. The molecule has 19 heteroatoms. The van der Waals surface area contributed by atoms with Gasteiger partial charge in [0.1, 0.15) is 24.2 Å². The van der Waals surface area contributed by atoms with E-state index in [1.807, 2.05) is 55.4 Å². The van der Waals surface area contributed by atoms with E-state index in [0.29, 0.717) is 56.8 Å². The zero-order chi connectivity index (χ0) is 42.7. The molecule has 316 valence electrons.